The average Bonchev–Trinajstić information content (AvgIpc) is 3.20. The molecule has 2 aliphatic heterocycles. The lowest BCUT2D eigenvalue weighted by atomic mass is 10.1. The van der Waals surface area contributed by atoms with E-state index in [-0.39, 0.29) is 6.03 Å². The zero-order chi connectivity index (χ0) is 14.7. The summed E-state index contributed by atoms with van der Waals surface area (Å²) in [5.74, 6) is 0. The maximum Gasteiger partial charge on any atom is 0.317 e. The highest BCUT2D eigenvalue weighted by atomic mass is 16.5. The summed E-state index contributed by atoms with van der Waals surface area (Å²) in [6.07, 6.45) is 5.43. The van der Waals surface area contributed by atoms with Crippen molar-refractivity contribution in [3.05, 3.63) is 0 Å². The van der Waals surface area contributed by atoms with Crippen molar-refractivity contribution in [1.82, 2.24) is 20.4 Å². The number of nitrogens with one attached hydrogen (secondary N) is 2. The third kappa shape index (κ3) is 3.49. The second-order valence-electron chi connectivity index (χ2n) is 6.42. The summed E-state index contributed by atoms with van der Waals surface area (Å²) >= 11 is 0. The minimum absolute atomic E-state index is 0.0854. The van der Waals surface area contributed by atoms with Gasteiger partial charge in [0, 0.05) is 58.5 Å². The molecule has 3 fully saturated rings. The van der Waals surface area contributed by atoms with E-state index < -0.39 is 0 Å². The van der Waals surface area contributed by atoms with E-state index >= 15 is 0 Å². The number of likely N-dealkylation sites (tertiary alicyclic amines) is 1. The standard InChI is InChI=1S/C15H28N4O2/c1-21-12-5-8-19(11-12)14-4-2-3-13(14)16-6-9-18-10-7-17-15(18)20/h12-14,16H,2-11H2,1H3,(H,17,20)/t12?,13-,14+/m1/s1. The number of methoxy groups -OCH3 is 1. The molecule has 0 aromatic heterocycles. The molecule has 6 nitrogen and oxygen atoms in total. The SMILES string of the molecule is COC1CCN([C@H]2CCC[C@H]2NCCN2CCNC2=O)C1. The first-order valence-electron chi connectivity index (χ1n) is 8.31. The van der Waals surface area contributed by atoms with Crippen molar-refractivity contribution in [3.63, 3.8) is 0 Å². The first kappa shape index (κ1) is 15.1. The average molecular weight is 296 g/mol. The lowest BCUT2D eigenvalue weighted by Gasteiger charge is -2.30. The molecule has 0 bridgehead atoms. The highest BCUT2D eigenvalue weighted by Gasteiger charge is 2.35. The lowest BCUT2D eigenvalue weighted by Crippen LogP contribution is -2.48. The van der Waals surface area contributed by atoms with Gasteiger partial charge < -0.3 is 20.3 Å². The number of amides is 2. The van der Waals surface area contributed by atoms with Crippen LogP contribution in [0.4, 0.5) is 4.79 Å². The van der Waals surface area contributed by atoms with Gasteiger partial charge in [-0.25, -0.2) is 4.79 Å². The molecule has 120 valence electrons. The summed E-state index contributed by atoms with van der Waals surface area (Å²) in [6.45, 7) is 5.59. The summed E-state index contributed by atoms with van der Waals surface area (Å²) < 4.78 is 5.48. The molecule has 0 spiro atoms. The predicted octanol–water partition coefficient (Wildman–Crippen LogP) is 0.243. The van der Waals surface area contributed by atoms with Crippen LogP contribution in [-0.4, -0.2) is 80.4 Å². The van der Waals surface area contributed by atoms with Crippen LogP contribution < -0.4 is 10.6 Å². The highest BCUT2D eigenvalue weighted by molar-refractivity contribution is 5.76. The minimum atomic E-state index is 0.0854. The first-order chi connectivity index (χ1) is 10.3. The Morgan fingerprint density at radius 3 is 2.95 bits per heavy atom. The number of hydrogen-bond acceptors (Lipinski definition) is 4. The molecular weight excluding hydrogens is 268 g/mol. The largest absolute Gasteiger partial charge is 0.380 e. The normalized spacial score (nSPS) is 33.9. The molecule has 1 saturated carbocycles. The molecule has 21 heavy (non-hydrogen) atoms. The second kappa shape index (κ2) is 6.94. The van der Waals surface area contributed by atoms with E-state index in [2.05, 4.69) is 15.5 Å². The van der Waals surface area contributed by atoms with Crippen LogP contribution in [0.15, 0.2) is 0 Å². The van der Waals surface area contributed by atoms with Crippen molar-refractivity contribution >= 4 is 6.03 Å². The fourth-order valence-electron chi connectivity index (χ4n) is 3.97. The van der Waals surface area contributed by atoms with Gasteiger partial charge >= 0.3 is 6.03 Å². The zero-order valence-corrected chi connectivity index (χ0v) is 13.0. The number of rotatable bonds is 6. The predicted molar refractivity (Wildman–Crippen MR) is 81.4 cm³/mol. The van der Waals surface area contributed by atoms with Crippen LogP contribution >= 0.6 is 0 Å². The van der Waals surface area contributed by atoms with Crippen LogP contribution in [0.1, 0.15) is 25.7 Å². The molecule has 2 N–H and O–H groups in total. The molecule has 2 amide bonds. The number of hydrogen-bond donors (Lipinski definition) is 2. The third-order valence-corrected chi connectivity index (χ3v) is 5.19. The molecule has 0 radical (unpaired) electrons. The van der Waals surface area contributed by atoms with Crippen molar-refractivity contribution in [2.24, 2.45) is 0 Å². The Labute approximate surface area is 127 Å². The number of ether oxygens (including phenoxy) is 1. The van der Waals surface area contributed by atoms with Gasteiger partial charge in [-0.15, -0.1) is 0 Å². The van der Waals surface area contributed by atoms with Gasteiger partial charge in [0.25, 0.3) is 0 Å². The fourth-order valence-corrected chi connectivity index (χ4v) is 3.97. The van der Waals surface area contributed by atoms with Gasteiger partial charge in [0.1, 0.15) is 0 Å². The minimum Gasteiger partial charge on any atom is -0.380 e. The maximum absolute atomic E-state index is 11.5. The maximum atomic E-state index is 11.5. The third-order valence-electron chi connectivity index (χ3n) is 5.19. The number of nitrogens with zero attached hydrogens (tertiary/aromatic N) is 2. The van der Waals surface area contributed by atoms with E-state index in [1.54, 1.807) is 0 Å². The van der Waals surface area contributed by atoms with Crippen LogP contribution in [-0.2, 0) is 4.74 Å². The van der Waals surface area contributed by atoms with E-state index in [1.807, 2.05) is 12.0 Å². The molecule has 3 atom stereocenters. The summed E-state index contributed by atoms with van der Waals surface area (Å²) in [5.41, 5.74) is 0. The Morgan fingerprint density at radius 1 is 1.33 bits per heavy atom. The van der Waals surface area contributed by atoms with Gasteiger partial charge in [-0.05, 0) is 19.3 Å². The fraction of sp³-hybridized carbons (Fsp3) is 0.933. The van der Waals surface area contributed by atoms with Gasteiger partial charge in [-0.3, -0.25) is 4.90 Å². The topological polar surface area (TPSA) is 56.8 Å². The van der Waals surface area contributed by atoms with Crippen LogP contribution in [0.5, 0.6) is 0 Å². The molecular formula is C15H28N4O2. The summed E-state index contributed by atoms with van der Waals surface area (Å²) in [5, 5.41) is 6.53. The summed E-state index contributed by atoms with van der Waals surface area (Å²) in [7, 11) is 1.82. The molecule has 3 rings (SSSR count). The lowest BCUT2D eigenvalue weighted by molar-refractivity contribution is 0.0979. The van der Waals surface area contributed by atoms with Crippen LogP contribution in [0.3, 0.4) is 0 Å². The van der Waals surface area contributed by atoms with E-state index in [4.69, 9.17) is 4.74 Å². The Morgan fingerprint density at radius 2 is 2.24 bits per heavy atom. The van der Waals surface area contributed by atoms with Gasteiger partial charge in [0.15, 0.2) is 0 Å². The Kier molecular flexibility index (Phi) is 4.98. The van der Waals surface area contributed by atoms with Gasteiger partial charge in [-0.2, -0.15) is 0 Å². The van der Waals surface area contributed by atoms with Gasteiger partial charge in [-0.1, -0.05) is 6.42 Å². The van der Waals surface area contributed by atoms with E-state index in [9.17, 15) is 4.79 Å². The monoisotopic (exact) mass is 296 g/mol. The molecule has 2 heterocycles. The van der Waals surface area contributed by atoms with Crippen LogP contribution in [0, 0.1) is 0 Å². The van der Waals surface area contributed by atoms with E-state index in [0.717, 1.165) is 45.7 Å². The van der Waals surface area contributed by atoms with Gasteiger partial charge in [0.2, 0.25) is 0 Å². The molecule has 1 unspecified atom stereocenters. The van der Waals surface area contributed by atoms with Crippen molar-refractivity contribution in [2.75, 3.05) is 46.4 Å². The Bertz CT molecular complexity index is 366. The Balaban J connectivity index is 1.43. The highest BCUT2D eigenvalue weighted by Crippen LogP contribution is 2.27. The zero-order valence-electron chi connectivity index (χ0n) is 13.0. The summed E-state index contributed by atoms with van der Waals surface area (Å²) in [6, 6.07) is 1.31. The van der Waals surface area contributed by atoms with Crippen molar-refractivity contribution in [3.8, 4) is 0 Å². The second-order valence-corrected chi connectivity index (χ2v) is 6.42. The first-order valence-corrected chi connectivity index (χ1v) is 8.31. The van der Waals surface area contributed by atoms with E-state index in [0.29, 0.717) is 18.2 Å². The van der Waals surface area contributed by atoms with Crippen LogP contribution in [0.2, 0.25) is 0 Å². The molecule has 3 aliphatic rings. The van der Waals surface area contributed by atoms with Gasteiger partial charge in [0.05, 0.1) is 6.10 Å². The van der Waals surface area contributed by atoms with E-state index in [1.165, 1.54) is 19.3 Å². The number of urea groups is 1. The molecule has 0 aromatic carbocycles. The van der Waals surface area contributed by atoms with Crippen molar-refractivity contribution in [1.29, 1.82) is 0 Å². The molecule has 6 heteroatoms. The Hall–Kier alpha value is -0.850. The number of carbonyl (C=O) groups excluding carboxylic acids is 1. The van der Waals surface area contributed by atoms with Crippen molar-refractivity contribution in [2.45, 2.75) is 43.9 Å². The quantitative estimate of drug-likeness (QED) is 0.737. The smallest absolute Gasteiger partial charge is 0.317 e. The molecule has 2 saturated heterocycles. The number of carbonyl (C=O) groups is 1. The molecule has 1 aliphatic carbocycles. The summed E-state index contributed by atoms with van der Waals surface area (Å²) in [4.78, 5) is 16.0. The molecule has 0 aromatic rings. The van der Waals surface area contributed by atoms with Crippen molar-refractivity contribution < 1.29 is 9.53 Å². The van der Waals surface area contributed by atoms with Crippen LogP contribution in [0.25, 0.3) is 0 Å².